The second kappa shape index (κ2) is 4.83. The average Bonchev–Trinajstić information content (AvgIpc) is 2.38. The zero-order valence-corrected chi connectivity index (χ0v) is 10.9. The third-order valence-electron chi connectivity index (χ3n) is 3.38. The molecule has 2 atom stereocenters. The number of para-hydroxylation sites is 1. The van der Waals surface area contributed by atoms with Gasteiger partial charge >= 0.3 is 0 Å². The molecular weight excluding hydrogens is 265 g/mol. The Morgan fingerprint density at radius 1 is 1.16 bits per heavy atom. The Bertz CT molecular complexity index is 597. The molecule has 1 aliphatic heterocycles. The molecule has 1 aliphatic rings. The summed E-state index contributed by atoms with van der Waals surface area (Å²) in [5.74, 6) is 0.342. The van der Waals surface area contributed by atoms with E-state index in [1.165, 1.54) is 6.07 Å². The molecule has 0 saturated carbocycles. The Hall–Kier alpha value is -1.58. The van der Waals surface area contributed by atoms with E-state index in [2.05, 4.69) is 0 Å². The summed E-state index contributed by atoms with van der Waals surface area (Å²) in [7, 11) is 0. The number of nitrogens with two attached hydrogens (primary N) is 1. The van der Waals surface area contributed by atoms with Crippen molar-refractivity contribution in [3.05, 3.63) is 64.4 Å². The van der Waals surface area contributed by atoms with Gasteiger partial charge in [0.2, 0.25) is 0 Å². The summed E-state index contributed by atoms with van der Waals surface area (Å²) < 4.78 is 19.8. The van der Waals surface area contributed by atoms with Crippen LogP contribution in [0.3, 0.4) is 0 Å². The quantitative estimate of drug-likeness (QED) is 0.855. The topological polar surface area (TPSA) is 35.2 Å². The van der Waals surface area contributed by atoms with E-state index in [-0.39, 0.29) is 11.9 Å². The van der Waals surface area contributed by atoms with Crippen LogP contribution in [0.4, 0.5) is 4.39 Å². The molecule has 3 rings (SSSR count). The van der Waals surface area contributed by atoms with E-state index in [1.807, 2.05) is 24.3 Å². The Labute approximate surface area is 115 Å². The van der Waals surface area contributed by atoms with E-state index in [0.29, 0.717) is 22.8 Å². The molecule has 0 spiro atoms. The molecule has 2 N–H and O–H groups in total. The van der Waals surface area contributed by atoms with E-state index in [9.17, 15) is 4.39 Å². The van der Waals surface area contributed by atoms with E-state index >= 15 is 0 Å². The van der Waals surface area contributed by atoms with Crippen molar-refractivity contribution in [1.29, 1.82) is 0 Å². The molecule has 0 fully saturated rings. The molecule has 2 aromatic carbocycles. The van der Waals surface area contributed by atoms with Crippen molar-refractivity contribution in [2.75, 3.05) is 0 Å². The van der Waals surface area contributed by atoms with Crippen molar-refractivity contribution in [1.82, 2.24) is 0 Å². The van der Waals surface area contributed by atoms with Gasteiger partial charge < -0.3 is 10.5 Å². The van der Waals surface area contributed by atoms with Gasteiger partial charge in [0.25, 0.3) is 0 Å². The standard InChI is InChI=1S/C15H13ClFNO/c16-10-5-3-6-11(17)15(10)14-8-12(18)9-4-1-2-7-13(9)19-14/h1-7,12,14H,8,18H2/t12-,14?/m1/s1. The molecule has 0 aliphatic carbocycles. The first-order chi connectivity index (χ1) is 9.16. The maximum absolute atomic E-state index is 13.9. The predicted octanol–water partition coefficient (Wildman–Crippen LogP) is 4.00. The van der Waals surface area contributed by atoms with E-state index in [0.717, 1.165) is 5.56 Å². The van der Waals surface area contributed by atoms with Crippen molar-refractivity contribution in [3.8, 4) is 5.75 Å². The number of hydrogen-bond donors (Lipinski definition) is 1. The minimum Gasteiger partial charge on any atom is -0.485 e. The fourth-order valence-corrected chi connectivity index (χ4v) is 2.73. The molecule has 19 heavy (non-hydrogen) atoms. The molecule has 0 aromatic heterocycles. The number of halogens is 2. The van der Waals surface area contributed by atoms with Crippen molar-refractivity contribution in [3.63, 3.8) is 0 Å². The summed E-state index contributed by atoms with van der Waals surface area (Å²) in [6, 6.07) is 12.0. The molecule has 4 heteroatoms. The minimum absolute atomic E-state index is 0.175. The number of ether oxygens (including phenoxy) is 1. The van der Waals surface area contributed by atoms with Gasteiger partial charge in [-0.1, -0.05) is 35.9 Å². The lowest BCUT2D eigenvalue weighted by Gasteiger charge is -2.31. The predicted molar refractivity (Wildman–Crippen MR) is 72.8 cm³/mol. The fraction of sp³-hybridized carbons (Fsp3) is 0.200. The van der Waals surface area contributed by atoms with Crippen LogP contribution in [-0.2, 0) is 0 Å². The molecular formula is C15H13ClFNO. The van der Waals surface area contributed by atoms with Crippen LogP contribution in [0.25, 0.3) is 0 Å². The number of fused-ring (bicyclic) bond motifs is 1. The molecule has 1 heterocycles. The molecule has 1 unspecified atom stereocenters. The Kier molecular flexibility index (Phi) is 3.17. The third kappa shape index (κ3) is 2.20. The van der Waals surface area contributed by atoms with E-state index < -0.39 is 6.10 Å². The first-order valence-electron chi connectivity index (χ1n) is 6.12. The molecule has 2 aromatic rings. The van der Waals surface area contributed by atoms with Gasteiger partial charge in [0.1, 0.15) is 17.7 Å². The van der Waals surface area contributed by atoms with Gasteiger partial charge in [0, 0.05) is 23.6 Å². The maximum Gasteiger partial charge on any atom is 0.131 e. The summed E-state index contributed by atoms with van der Waals surface area (Å²) in [6.07, 6.45) is 0.0658. The van der Waals surface area contributed by atoms with Gasteiger partial charge in [-0.15, -0.1) is 0 Å². The zero-order valence-electron chi connectivity index (χ0n) is 10.1. The monoisotopic (exact) mass is 277 g/mol. The Morgan fingerprint density at radius 3 is 2.74 bits per heavy atom. The molecule has 2 nitrogen and oxygen atoms in total. The Morgan fingerprint density at radius 2 is 1.95 bits per heavy atom. The fourth-order valence-electron chi connectivity index (χ4n) is 2.45. The second-order valence-electron chi connectivity index (χ2n) is 4.62. The van der Waals surface area contributed by atoms with Crippen LogP contribution >= 0.6 is 11.6 Å². The third-order valence-corrected chi connectivity index (χ3v) is 3.71. The van der Waals surface area contributed by atoms with Crippen LogP contribution < -0.4 is 10.5 Å². The first-order valence-corrected chi connectivity index (χ1v) is 6.49. The normalized spacial score (nSPS) is 21.6. The largest absolute Gasteiger partial charge is 0.485 e. The summed E-state index contributed by atoms with van der Waals surface area (Å²) >= 11 is 6.08. The van der Waals surface area contributed by atoms with Crippen LogP contribution in [-0.4, -0.2) is 0 Å². The van der Waals surface area contributed by atoms with Crippen molar-refractivity contribution in [2.45, 2.75) is 18.6 Å². The molecule has 98 valence electrons. The van der Waals surface area contributed by atoms with Crippen molar-refractivity contribution in [2.24, 2.45) is 5.73 Å². The molecule has 0 amide bonds. The second-order valence-corrected chi connectivity index (χ2v) is 5.03. The van der Waals surface area contributed by atoms with Crippen LogP contribution in [0.15, 0.2) is 42.5 Å². The highest BCUT2D eigenvalue weighted by molar-refractivity contribution is 6.31. The highest BCUT2D eigenvalue weighted by Crippen LogP contribution is 2.41. The smallest absolute Gasteiger partial charge is 0.131 e. The van der Waals surface area contributed by atoms with Crippen molar-refractivity contribution < 1.29 is 9.13 Å². The summed E-state index contributed by atoms with van der Waals surface area (Å²) in [6.45, 7) is 0. The first kappa shape index (κ1) is 12.5. The van der Waals surface area contributed by atoms with Gasteiger partial charge in [0.15, 0.2) is 0 Å². The van der Waals surface area contributed by atoms with Crippen molar-refractivity contribution >= 4 is 11.6 Å². The van der Waals surface area contributed by atoms with Crippen LogP contribution in [0.5, 0.6) is 5.75 Å². The highest BCUT2D eigenvalue weighted by atomic mass is 35.5. The number of rotatable bonds is 1. The van der Waals surface area contributed by atoms with Gasteiger partial charge in [0.05, 0.1) is 5.02 Å². The SMILES string of the molecule is N[C@@H]1CC(c2c(F)cccc2Cl)Oc2ccccc21. The van der Waals surface area contributed by atoms with E-state index in [1.54, 1.807) is 12.1 Å². The Balaban J connectivity index is 2.02. The van der Waals surface area contributed by atoms with Gasteiger partial charge in [-0.3, -0.25) is 0 Å². The van der Waals surface area contributed by atoms with Gasteiger partial charge in [-0.2, -0.15) is 0 Å². The van der Waals surface area contributed by atoms with Crippen LogP contribution in [0, 0.1) is 5.82 Å². The molecule has 0 saturated heterocycles. The zero-order chi connectivity index (χ0) is 13.4. The molecule has 0 bridgehead atoms. The average molecular weight is 278 g/mol. The lowest BCUT2D eigenvalue weighted by Crippen LogP contribution is -2.24. The number of hydrogen-bond acceptors (Lipinski definition) is 2. The minimum atomic E-state index is -0.446. The van der Waals surface area contributed by atoms with Crippen LogP contribution in [0.2, 0.25) is 5.02 Å². The summed E-state index contributed by atoms with van der Waals surface area (Å²) in [5, 5.41) is 0.372. The lowest BCUT2D eigenvalue weighted by atomic mass is 9.93. The van der Waals surface area contributed by atoms with E-state index in [4.69, 9.17) is 22.1 Å². The van der Waals surface area contributed by atoms with Gasteiger partial charge in [-0.25, -0.2) is 4.39 Å². The van der Waals surface area contributed by atoms with Gasteiger partial charge in [-0.05, 0) is 18.2 Å². The van der Waals surface area contributed by atoms with Crippen LogP contribution in [0.1, 0.15) is 29.7 Å². The maximum atomic E-state index is 13.9. The summed E-state index contributed by atoms with van der Waals surface area (Å²) in [4.78, 5) is 0. The number of benzene rings is 2. The summed E-state index contributed by atoms with van der Waals surface area (Å²) in [5.41, 5.74) is 7.46. The molecule has 0 radical (unpaired) electrons. The highest BCUT2D eigenvalue weighted by Gasteiger charge is 2.29. The lowest BCUT2D eigenvalue weighted by molar-refractivity contribution is 0.157.